The number of amides is 3. The van der Waals surface area contributed by atoms with Gasteiger partial charge in [-0.2, -0.15) is 0 Å². The molecule has 0 saturated carbocycles. The molecule has 5 N–H and O–H groups in total. The van der Waals surface area contributed by atoms with Crippen molar-refractivity contribution in [2.24, 2.45) is 0 Å². The van der Waals surface area contributed by atoms with Crippen LogP contribution in [-0.2, 0) is 22.7 Å². The lowest BCUT2D eigenvalue weighted by atomic mass is 10.1. The Kier molecular flexibility index (Phi) is 11.6. The fourth-order valence-corrected chi connectivity index (χ4v) is 6.68. The van der Waals surface area contributed by atoms with Crippen molar-refractivity contribution in [1.82, 2.24) is 36.2 Å². The molecule has 1 aromatic carbocycles. The summed E-state index contributed by atoms with van der Waals surface area (Å²) >= 11 is 13.8. The molecule has 0 spiro atoms. The van der Waals surface area contributed by atoms with E-state index < -0.39 is 5.91 Å². The minimum absolute atomic E-state index is 0.0526. The van der Waals surface area contributed by atoms with Gasteiger partial charge in [0, 0.05) is 79.6 Å². The molecule has 15 heteroatoms. The van der Waals surface area contributed by atoms with Crippen molar-refractivity contribution in [3.63, 3.8) is 0 Å². The van der Waals surface area contributed by atoms with Crippen LogP contribution in [0.25, 0.3) is 22.5 Å². The van der Waals surface area contributed by atoms with Crippen LogP contribution < -0.4 is 36.1 Å². The van der Waals surface area contributed by atoms with Crippen molar-refractivity contribution in [2.75, 3.05) is 32.6 Å². The summed E-state index contributed by atoms with van der Waals surface area (Å²) in [6, 6.07) is 12.6. The molecular formula is C36H38Cl2N8O5. The fourth-order valence-electron chi connectivity index (χ4n) is 6.11. The van der Waals surface area contributed by atoms with Gasteiger partial charge < -0.3 is 36.1 Å². The molecule has 2 aliphatic rings. The molecule has 5 heterocycles. The summed E-state index contributed by atoms with van der Waals surface area (Å²) in [6.45, 7) is 2.16. The van der Waals surface area contributed by atoms with Gasteiger partial charge in [-0.1, -0.05) is 41.4 Å². The zero-order valence-electron chi connectivity index (χ0n) is 28.1. The van der Waals surface area contributed by atoms with Crippen molar-refractivity contribution in [1.29, 1.82) is 0 Å². The molecule has 266 valence electrons. The first-order chi connectivity index (χ1) is 24.7. The molecule has 2 saturated heterocycles. The molecule has 2 atom stereocenters. The number of pyridine rings is 3. The number of anilines is 1. The number of hydrogen-bond acceptors (Lipinski definition) is 10. The smallest absolute Gasteiger partial charge is 0.274 e. The number of hydrogen-bond donors (Lipinski definition) is 5. The first-order valence-corrected chi connectivity index (χ1v) is 17.3. The Hall–Kier alpha value is -4.82. The molecule has 2 fully saturated rings. The number of ether oxygens (including phenoxy) is 2. The van der Waals surface area contributed by atoms with Crippen molar-refractivity contribution >= 4 is 46.6 Å². The van der Waals surface area contributed by atoms with E-state index in [0.717, 1.165) is 24.0 Å². The number of rotatable bonds is 14. The molecule has 0 unspecified atom stereocenters. The number of carbonyl (C=O) groups excluding carboxylic acids is 3. The van der Waals surface area contributed by atoms with E-state index >= 15 is 0 Å². The SMILES string of the molecule is COc1cnc(C(=O)Nc2cccc(-c3nccc(-c4ccc(CNC[C@@H]5CCC(=O)N5)c(OC)n4)c3Cl)c2Cl)cc1CNC[C@H]1CCC(=O)N1. The number of nitrogens with zero attached hydrogens (tertiary/aromatic N) is 3. The van der Waals surface area contributed by atoms with Gasteiger partial charge in [-0.05, 0) is 37.1 Å². The largest absolute Gasteiger partial charge is 0.495 e. The summed E-state index contributed by atoms with van der Waals surface area (Å²) in [6.07, 6.45) is 5.78. The predicted molar refractivity (Wildman–Crippen MR) is 194 cm³/mol. The van der Waals surface area contributed by atoms with Crippen LogP contribution >= 0.6 is 23.2 Å². The molecule has 13 nitrogen and oxygen atoms in total. The van der Waals surface area contributed by atoms with E-state index in [0.29, 0.717) is 83.9 Å². The molecule has 0 bridgehead atoms. The number of aromatic nitrogens is 3. The zero-order valence-corrected chi connectivity index (χ0v) is 29.7. The van der Waals surface area contributed by atoms with Gasteiger partial charge in [0.25, 0.3) is 5.91 Å². The second kappa shape index (κ2) is 16.5. The summed E-state index contributed by atoms with van der Waals surface area (Å²) in [4.78, 5) is 50.0. The van der Waals surface area contributed by atoms with Crippen molar-refractivity contribution < 1.29 is 23.9 Å². The van der Waals surface area contributed by atoms with Crippen LogP contribution in [0.5, 0.6) is 11.6 Å². The third-order valence-corrected chi connectivity index (χ3v) is 9.57. The van der Waals surface area contributed by atoms with Gasteiger partial charge in [0.1, 0.15) is 11.4 Å². The summed E-state index contributed by atoms with van der Waals surface area (Å²) < 4.78 is 11.1. The first kappa shape index (κ1) is 36.0. The van der Waals surface area contributed by atoms with E-state index in [2.05, 4.69) is 36.6 Å². The minimum Gasteiger partial charge on any atom is -0.495 e. The molecule has 51 heavy (non-hydrogen) atoms. The molecule has 4 aromatic rings. The number of carbonyl (C=O) groups is 3. The van der Waals surface area contributed by atoms with Crippen molar-refractivity contribution in [3.8, 4) is 34.1 Å². The monoisotopic (exact) mass is 732 g/mol. The quantitative estimate of drug-likeness (QED) is 0.124. The van der Waals surface area contributed by atoms with Gasteiger partial charge in [-0.25, -0.2) is 9.97 Å². The van der Waals surface area contributed by atoms with Gasteiger partial charge in [0.2, 0.25) is 17.7 Å². The topological polar surface area (TPSA) is 168 Å². The van der Waals surface area contributed by atoms with Crippen LogP contribution in [0, 0.1) is 0 Å². The minimum atomic E-state index is -0.465. The fraction of sp³-hybridized carbons (Fsp3) is 0.333. The maximum absolute atomic E-state index is 13.4. The molecule has 3 aromatic heterocycles. The van der Waals surface area contributed by atoms with Crippen LogP contribution in [0.3, 0.4) is 0 Å². The van der Waals surface area contributed by atoms with E-state index in [1.807, 2.05) is 12.1 Å². The third-order valence-electron chi connectivity index (χ3n) is 8.78. The number of nitrogens with one attached hydrogen (secondary N) is 5. The van der Waals surface area contributed by atoms with E-state index in [1.54, 1.807) is 50.7 Å². The standard InChI is InChI=1S/C36H38Cl2N8O5/c1-50-29-19-42-28(14-21(29)16-40-18-23-8-11-31(48)44-23)35(49)45-27-5-3-4-25(32(27)37)34-33(38)24(12-13-41-34)26-9-6-20(36(46-26)51-2)15-39-17-22-7-10-30(47)43-22/h3-6,9,12-14,19,22-23,39-40H,7-8,10-11,15-18H2,1-2H3,(H,43,47)(H,44,48)(H,45,49)/t22-,23+/m0/s1. The average Bonchev–Trinajstić information content (AvgIpc) is 3.76. The lowest BCUT2D eigenvalue weighted by Gasteiger charge is -2.15. The molecule has 0 aliphatic carbocycles. The highest BCUT2D eigenvalue weighted by atomic mass is 35.5. The van der Waals surface area contributed by atoms with Gasteiger partial charge in [-0.15, -0.1) is 0 Å². The predicted octanol–water partition coefficient (Wildman–Crippen LogP) is 4.52. The first-order valence-electron chi connectivity index (χ1n) is 16.6. The van der Waals surface area contributed by atoms with E-state index in [1.165, 1.54) is 6.20 Å². The highest BCUT2D eigenvalue weighted by molar-refractivity contribution is 6.39. The molecule has 0 radical (unpaired) electrons. The number of methoxy groups -OCH3 is 2. The lowest BCUT2D eigenvalue weighted by Crippen LogP contribution is -2.35. The maximum Gasteiger partial charge on any atom is 0.274 e. The summed E-state index contributed by atoms with van der Waals surface area (Å²) in [5.74, 6) is 0.643. The maximum atomic E-state index is 13.4. The Morgan fingerprint density at radius 2 is 1.57 bits per heavy atom. The van der Waals surface area contributed by atoms with Crippen LogP contribution in [0.1, 0.15) is 47.3 Å². The van der Waals surface area contributed by atoms with Gasteiger partial charge in [0.15, 0.2) is 0 Å². The summed E-state index contributed by atoms with van der Waals surface area (Å²) in [5.41, 5.74) is 4.25. The van der Waals surface area contributed by atoms with Crippen LogP contribution in [0.2, 0.25) is 10.0 Å². The zero-order chi connectivity index (χ0) is 35.9. The summed E-state index contributed by atoms with van der Waals surface area (Å²) in [5, 5.41) is 16.0. The second-order valence-electron chi connectivity index (χ2n) is 12.3. The van der Waals surface area contributed by atoms with Gasteiger partial charge in [-0.3, -0.25) is 19.4 Å². The molecular weight excluding hydrogens is 695 g/mol. The normalized spacial score (nSPS) is 16.9. The third kappa shape index (κ3) is 8.56. The Labute approximate surface area is 305 Å². The van der Waals surface area contributed by atoms with Crippen LogP contribution in [-0.4, -0.2) is 72.1 Å². The highest BCUT2D eigenvalue weighted by Gasteiger charge is 2.23. The van der Waals surface area contributed by atoms with Gasteiger partial charge in [0.05, 0.1) is 47.5 Å². The highest BCUT2D eigenvalue weighted by Crippen LogP contribution is 2.40. The second-order valence-corrected chi connectivity index (χ2v) is 13.0. The van der Waals surface area contributed by atoms with Crippen LogP contribution in [0.4, 0.5) is 5.69 Å². The molecule has 2 aliphatic heterocycles. The summed E-state index contributed by atoms with van der Waals surface area (Å²) in [7, 11) is 3.10. The Balaban J connectivity index is 1.16. The average molecular weight is 734 g/mol. The Morgan fingerprint density at radius 1 is 0.863 bits per heavy atom. The molecule has 6 rings (SSSR count). The van der Waals surface area contributed by atoms with Crippen molar-refractivity contribution in [3.05, 3.63) is 81.7 Å². The van der Waals surface area contributed by atoms with Crippen LogP contribution in [0.15, 0.2) is 54.9 Å². The number of benzene rings is 1. The Bertz CT molecular complexity index is 1940. The van der Waals surface area contributed by atoms with Gasteiger partial charge >= 0.3 is 0 Å². The lowest BCUT2D eigenvalue weighted by molar-refractivity contribution is -0.120. The number of halogens is 2. The van der Waals surface area contributed by atoms with E-state index in [4.69, 9.17) is 37.7 Å². The molecule has 3 amide bonds. The van der Waals surface area contributed by atoms with E-state index in [9.17, 15) is 14.4 Å². The van der Waals surface area contributed by atoms with Crippen molar-refractivity contribution in [2.45, 2.75) is 50.9 Å². The van der Waals surface area contributed by atoms with E-state index in [-0.39, 0.29) is 34.6 Å². The Morgan fingerprint density at radius 3 is 2.22 bits per heavy atom.